The molecule has 1 saturated heterocycles. The van der Waals surface area contributed by atoms with Gasteiger partial charge in [0.25, 0.3) is 5.91 Å². The van der Waals surface area contributed by atoms with Crippen molar-refractivity contribution in [3.63, 3.8) is 0 Å². The van der Waals surface area contributed by atoms with Crippen molar-refractivity contribution in [2.24, 2.45) is 5.92 Å². The van der Waals surface area contributed by atoms with Gasteiger partial charge in [-0.25, -0.2) is 4.79 Å². The molecule has 1 atom stereocenters. The largest absolute Gasteiger partial charge is 0.478 e. The lowest BCUT2D eigenvalue weighted by atomic mass is 9.96. The van der Waals surface area contributed by atoms with Crippen molar-refractivity contribution in [1.82, 2.24) is 0 Å². The number of hydrogen-bond donors (Lipinski definition) is 2. The lowest BCUT2D eigenvalue weighted by molar-refractivity contribution is 0.0697. The van der Waals surface area contributed by atoms with E-state index in [2.05, 4.69) is 5.32 Å². The lowest BCUT2D eigenvalue weighted by Gasteiger charge is -2.11. The first-order valence-corrected chi connectivity index (χ1v) is 8.39. The number of carboxylic acid groups (broad SMARTS) is 1. The van der Waals surface area contributed by atoms with Gasteiger partial charge in [-0.05, 0) is 36.8 Å². The number of hydrogen-bond acceptors (Lipinski definition) is 4. The smallest absolute Gasteiger partial charge is 0.337 e. The maximum atomic E-state index is 12.5. The number of ether oxygens (including phenoxy) is 1. The number of anilines is 1. The van der Waals surface area contributed by atoms with E-state index in [1.54, 1.807) is 18.2 Å². The summed E-state index contributed by atoms with van der Waals surface area (Å²) < 4.78 is 5.24. The number of aromatic carboxylic acids is 1. The summed E-state index contributed by atoms with van der Waals surface area (Å²) in [4.78, 5) is 36.3. The van der Waals surface area contributed by atoms with Crippen LogP contribution in [0.25, 0.3) is 0 Å². The summed E-state index contributed by atoms with van der Waals surface area (Å²) in [5, 5.41) is 12.1. The summed E-state index contributed by atoms with van der Waals surface area (Å²) in [6.45, 7) is 0.952. The average molecular weight is 374 g/mol. The number of amides is 1. The fourth-order valence-corrected chi connectivity index (χ4v) is 2.96. The first-order chi connectivity index (χ1) is 12.5. The summed E-state index contributed by atoms with van der Waals surface area (Å²) >= 11 is 5.81. The predicted octanol–water partition coefficient (Wildman–Crippen LogP) is 3.51. The van der Waals surface area contributed by atoms with Crippen molar-refractivity contribution < 1.29 is 24.2 Å². The molecule has 6 nitrogen and oxygen atoms in total. The van der Waals surface area contributed by atoms with E-state index < -0.39 is 11.9 Å². The Morgan fingerprint density at radius 3 is 2.58 bits per heavy atom. The number of carbonyl (C=O) groups excluding carboxylic acids is 2. The van der Waals surface area contributed by atoms with Crippen LogP contribution < -0.4 is 5.32 Å². The Kier molecular flexibility index (Phi) is 5.35. The lowest BCUT2D eigenvalue weighted by Crippen LogP contribution is -2.17. The average Bonchev–Trinajstić information content (AvgIpc) is 3.17. The maximum absolute atomic E-state index is 12.5. The Labute approximate surface area is 154 Å². The van der Waals surface area contributed by atoms with Crippen molar-refractivity contribution in [2.75, 3.05) is 18.5 Å². The third-order valence-electron chi connectivity index (χ3n) is 4.17. The molecule has 134 valence electrons. The van der Waals surface area contributed by atoms with Crippen LogP contribution in [0.5, 0.6) is 0 Å². The number of ketones is 1. The molecule has 7 heteroatoms. The van der Waals surface area contributed by atoms with E-state index in [1.165, 1.54) is 24.3 Å². The van der Waals surface area contributed by atoms with E-state index in [9.17, 15) is 19.5 Å². The monoisotopic (exact) mass is 373 g/mol. The number of carbonyl (C=O) groups is 3. The highest BCUT2D eigenvalue weighted by Crippen LogP contribution is 2.23. The predicted molar refractivity (Wildman–Crippen MR) is 96.1 cm³/mol. The molecule has 1 fully saturated rings. The SMILES string of the molecule is O=C(Nc1ccc(Cl)cc1C(=O)O)c1cccc(C(=O)C2CCOC2)c1. The van der Waals surface area contributed by atoms with Crippen LogP contribution in [0.1, 0.15) is 37.5 Å². The summed E-state index contributed by atoms with van der Waals surface area (Å²) in [5.74, 6) is -1.96. The van der Waals surface area contributed by atoms with E-state index in [-0.39, 0.29) is 33.5 Å². The first-order valence-electron chi connectivity index (χ1n) is 8.02. The molecule has 26 heavy (non-hydrogen) atoms. The van der Waals surface area contributed by atoms with Gasteiger partial charge in [0.05, 0.1) is 17.9 Å². The van der Waals surface area contributed by atoms with Crippen LogP contribution in [0.15, 0.2) is 42.5 Å². The molecule has 1 aliphatic rings. The molecule has 2 N–H and O–H groups in total. The number of carboxylic acids is 1. The van der Waals surface area contributed by atoms with E-state index in [1.807, 2.05) is 0 Å². The molecule has 3 rings (SSSR count). The summed E-state index contributed by atoms with van der Waals surface area (Å²) in [6.07, 6.45) is 0.669. The van der Waals surface area contributed by atoms with Gasteiger partial charge in [0, 0.05) is 28.7 Å². The molecular weight excluding hydrogens is 358 g/mol. The molecule has 0 saturated carbocycles. The fourth-order valence-electron chi connectivity index (χ4n) is 2.79. The van der Waals surface area contributed by atoms with Gasteiger partial charge in [0.1, 0.15) is 0 Å². The van der Waals surface area contributed by atoms with E-state index >= 15 is 0 Å². The quantitative estimate of drug-likeness (QED) is 0.782. The zero-order chi connectivity index (χ0) is 18.7. The molecule has 1 unspecified atom stereocenters. The fraction of sp³-hybridized carbons (Fsp3) is 0.211. The number of rotatable bonds is 5. The van der Waals surface area contributed by atoms with E-state index in [0.29, 0.717) is 25.2 Å². The van der Waals surface area contributed by atoms with Crippen molar-refractivity contribution in [3.8, 4) is 0 Å². The van der Waals surface area contributed by atoms with Crippen molar-refractivity contribution in [2.45, 2.75) is 6.42 Å². The number of halogens is 1. The second kappa shape index (κ2) is 7.68. The van der Waals surface area contributed by atoms with Gasteiger partial charge in [-0.1, -0.05) is 23.7 Å². The molecule has 2 aromatic carbocycles. The van der Waals surface area contributed by atoms with E-state index in [4.69, 9.17) is 16.3 Å². The van der Waals surface area contributed by atoms with Gasteiger partial charge >= 0.3 is 5.97 Å². The standard InChI is InChI=1S/C19H16ClNO5/c20-14-4-5-16(15(9-14)19(24)25)21-18(23)12-3-1-2-11(8-12)17(22)13-6-7-26-10-13/h1-5,8-9,13H,6-7,10H2,(H,21,23)(H,24,25). The van der Waals surface area contributed by atoms with Crippen molar-refractivity contribution >= 4 is 34.9 Å². The third kappa shape index (κ3) is 3.92. The molecule has 1 heterocycles. The van der Waals surface area contributed by atoms with Crippen LogP contribution in [0.2, 0.25) is 5.02 Å². The minimum Gasteiger partial charge on any atom is -0.478 e. The van der Waals surface area contributed by atoms with Crippen LogP contribution in [0.4, 0.5) is 5.69 Å². The van der Waals surface area contributed by atoms with E-state index in [0.717, 1.165) is 0 Å². The number of Topliss-reactive ketones (excluding diaryl/α,β-unsaturated/α-hetero) is 1. The molecule has 1 aliphatic heterocycles. The van der Waals surface area contributed by atoms with Crippen LogP contribution in [-0.2, 0) is 4.74 Å². The van der Waals surface area contributed by atoms with Gasteiger partial charge in [0.2, 0.25) is 0 Å². The van der Waals surface area contributed by atoms with Gasteiger partial charge in [-0.15, -0.1) is 0 Å². The molecule has 0 radical (unpaired) electrons. The molecule has 0 bridgehead atoms. The van der Waals surface area contributed by atoms with Crippen LogP contribution in [0, 0.1) is 5.92 Å². The summed E-state index contributed by atoms with van der Waals surface area (Å²) in [5.41, 5.74) is 0.720. The Bertz CT molecular complexity index is 874. The Morgan fingerprint density at radius 1 is 1.12 bits per heavy atom. The Morgan fingerprint density at radius 2 is 1.88 bits per heavy atom. The summed E-state index contributed by atoms with van der Waals surface area (Å²) in [6, 6.07) is 10.5. The Hall–Kier alpha value is -2.70. The minimum absolute atomic E-state index is 0.0603. The van der Waals surface area contributed by atoms with Crippen LogP contribution >= 0.6 is 11.6 Å². The molecule has 0 spiro atoms. The highest BCUT2D eigenvalue weighted by molar-refractivity contribution is 6.31. The van der Waals surface area contributed by atoms with Gasteiger partial charge in [-0.2, -0.15) is 0 Å². The molecular formula is C19H16ClNO5. The van der Waals surface area contributed by atoms with Gasteiger partial charge < -0.3 is 15.2 Å². The van der Waals surface area contributed by atoms with Gasteiger partial charge in [0.15, 0.2) is 5.78 Å². The highest BCUT2D eigenvalue weighted by atomic mass is 35.5. The second-order valence-electron chi connectivity index (χ2n) is 5.95. The topological polar surface area (TPSA) is 92.7 Å². The molecule has 0 aliphatic carbocycles. The third-order valence-corrected chi connectivity index (χ3v) is 4.41. The number of nitrogens with one attached hydrogen (secondary N) is 1. The first kappa shape index (κ1) is 18.1. The zero-order valence-electron chi connectivity index (χ0n) is 13.7. The van der Waals surface area contributed by atoms with Crippen LogP contribution in [0.3, 0.4) is 0 Å². The number of benzene rings is 2. The zero-order valence-corrected chi connectivity index (χ0v) is 14.5. The van der Waals surface area contributed by atoms with Crippen molar-refractivity contribution in [3.05, 3.63) is 64.2 Å². The maximum Gasteiger partial charge on any atom is 0.337 e. The molecule has 0 aromatic heterocycles. The summed E-state index contributed by atoms with van der Waals surface area (Å²) in [7, 11) is 0. The normalized spacial score (nSPS) is 16.3. The van der Waals surface area contributed by atoms with Crippen molar-refractivity contribution in [1.29, 1.82) is 0 Å². The van der Waals surface area contributed by atoms with Crippen LogP contribution in [-0.4, -0.2) is 36.0 Å². The minimum atomic E-state index is -1.20. The highest BCUT2D eigenvalue weighted by Gasteiger charge is 2.25. The second-order valence-corrected chi connectivity index (χ2v) is 6.39. The molecule has 2 aromatic rings. The molecule has 1 amide bonds. The van der Waals surface area contributed by atoms with Gasteiger partial charge in [-0.3, -0.25) is 9.59 Å². The Balaban J connectivity index is 1.82.